The van der Waals surface area contributed by atoms with E-state index in [0.717, 1.165) is 46.0 Å². The summed E-state index contributed by atoms with van der Waals surface area (Å²) >= 11 is 6.38. The van der Waals surface area contributed by atoms with Crippen molar-refractivity contribution in [2.45, 2.75) is 13.3 Å². The number of ether oxygens (including phenoxy) is 1. The number of halogens is 1. The number of likely N-dealkylation sites (N-methyl/N-ethyl adjacent to an activating group) is 1. The Bertz CT molecular complexity index is 534. The van der Waals surface area contributed by atoms with Gasteiger partial charge in [-0.1, -0.05) is 11.6 Å². The van der Waals surface area contributed by atoms with Gasteiger partial charge >= 0.3 is 0 Å². The highest BCUT2D eigenvalue weighted by molar-refractivity contribution is 6.36. The van der Waals surface area contributed by atoms with Gasteiger partial charge < -0.3 is 14.5 Å². The lowest BCUT2D eigenvalue weighted by Gasteiger charge is -2.08. The topological polar surface area (TPSA) is 34.4 Å². The molecule has 0 atom stereocenters. The van der Waals surface area contributed by atoms with Crippen molar-refractivity contribution in [2.24, 2.45) is 0 Å². The van der Waals surface area contributed by atoms with E-state index in [9.17, 15) is 0 Å². The van der Waals surface area contributed by atoms with Crippen LogP contribution in [0.2, 0.25) is 5.02 Å². The molecule has 1 heterocycles. The molecule has 0 fully saturated rings. The summed E-state index contributed by atoms with van der Waals surface area (Å²) in [7, 11) is 3.56. The SMILES string of the molecule is CNCCc1cc(OC)c2oc(C)cc2c1Cl. The number of methoxy groups -OCH3 is 1. The first kappa shape index (κ1) is 12.3. The second-order valence-electron chi connectivity index (χ2n) is 4.01. The molecule has 0 aliphatic heterocycles. The monoisotopic (exact) mass is 253 g/mol. The number of hydrogen-bond donors (Lipinski definition) is 1. The molecule has 0 aliphatic rings. The summed E-state index contributed by atoms with van der Waals surface area (Å²) in [6.07, 6.45) is 0.867. The van der Waals surface area contributed by atoms with E-state index in [2.05, 4.69) is 5.32 Å². The van der Waals surface area contributed by atoms with Gasteiger partial charge in [-0.2, -0.15) is 0 Å². The zero-order valence-electron chi connectivity index (χ0n) is 10.3. The highest BCUT2D eigenvalue weighted by Gasteiger charge is 2.14. The first-order valence-corrected chi connectivity index (χ1v) is 5.95. The van der Waals surface area contributed by atoms with E-state index in [1.807, 2.05) is 26.1 Å². The van der Waals surface area contributed by atoms with Crippen LogP contribution in [0.15, 0.2) is 16.5 Å². The van der Waals surface area contributed by atoms with Gasteiger partial charge in [0.2, 0.25) is 0 Å². The lowest BCUT2D eigenvalue weighted by Crippen LogP contribution is -2.10. The van der Waals surface area contributed by atoms with Crippen molar-refractivity contribution in [1.82, 2.24) is 5.32 Å². The highest BCUT2D eigenvalue weighted by Crippen LogP contribution is 2.36. The van der Waals surface area contributed by atoms with Gasteiger partial charge in [-0.25, -0.2) is 0 Å². The number of furan rings is 1. The van der Waals surface area contributed by atoms with Crippen LogP contribution in [-0.4, -0.2) is 20.7 Å². The molecule has 0 saturated heterocycles. The third-order valence-electron chi connectivity index (χ3n) is 2.77. The van der Waals surface area contributed by atoms with E-state index < -0.39 is 0 Å². The average molecular weight is 254 g/mol. The molecule has 0 spiro atoms. The van der Waals surface area contributed by atoms with Crippen molar-refractivity contribution < 1.29 is 9.15 Å². The van der Waals surface area contributed by atoms with Crippen molar-refractivity contribution in [3.8, 4) is 5.75 Å². The van der Waals surface area contributed by atoms with Crippen molar-refractivity contribution in [2.75, 3.05) is 20.7 Å². The Balaban J connectivity index is 2.58. The fraction of sp³-hybridized carbons (Fsp3) is 0.385. The summed E-state index contributed by atoms with van der Waals surface area (Å²) in [5.74, 6) is 1.58. The minimum atomic E-state index is 0.725. The standard InChI is InChI=1S/C13H16ClNO2/c1-8-6-10-12(14)9(4-5-15-2)7-11(16-3)13(10)17-8/h6-7,15H,4-5H2,1-3H3. The van der Waals surface area contributed by atoms with Crippen LogP contribution in [0.1, 0.15) is 11.3 Å². The zero-order chi connectivity index (χ0) is 12.4. The first-order chi connectivity index (χ1) is 8.17. The minimum Gasteiger partial charge on any atom is -0.493 e. The van der Waals surface area contributed by atoms with Crippen molar-refractivity contribution in [3.63, 3.8) is 0 Å². The van der Waals surface area contributed by atoms with Gasteiger partial charge in [-0.15, -0.1) is 0 Å². The van der Waals surface area contributed by atoms with Crippen LogP contribution in [-0.2, 0) is 6.42 Å². The number of nitrogens with one attached hydrogen (secondary N) is 1. The zero-order valence-corrected chi connectivity index (χ0v) is 11.0. The molecule has 1 aromatic heterocycles. The summed E-state index contributed by atoms with van der Waals surface area (Å²) in [6.45, 7) is 2.79. The Morgan fingerprint density at radius 1 is 1.41 bits per heavy atom. The normalized spacial score (nSPS) is 11.1. The molecule has 0 bridgehead atoms. The summed E-state index contributed by atoms with van der Waals surface area (Å²) in [4.78, 5) is 0. The third-order valence-corrected chi connectivity index (χ3v) is 3.21. The van der Waals surface area contributed by atoms with Crippen molar-refractivity contribution >= 4 is 22.6 Å². The van der Waals surface area contributed by atoms with E-state index in [1.54, 1.807) is 7.11 Å². The van der Waals surface area contributed by atoms with Gasteiger partial charge in [0, 0.05) is 5.39 Å². The smallest absolute Gasteiger partial charge is 0.177 e. The van der Waals surface area contributed by atoms with Gasteiger partial charge in [-0.05, 0) is 44.6 Å². The summed E-state index contributed by atoms with van der Waals surface area (Å²) in [5, 5.41) is 4.79. The third kappa shape index (κ3) is 2.26. The van der Waals surface area contributed by atoms with Gasteiger partial charge in [0.05, 0.1) is 12.1 Å². The molecular formula is C13H16ClNO2. The van der Waals surface area contributed by atoms with Crippen LogP contribution in [0.4, 0.5) is 0 Å². The summed E-state index contributed by atoms with van der Waals surface area (Å²) in [5.41, 5.74) is 1.80. The number of aryl methyl sites for hydroxylation is 1. The molecule has 3 nitrogen and oxygen atoms in total. The molecule has 2 rings (SSSR count). The molecule has 92 valence electrons. The highest BCUT2D eigenvalue weighted by atomic mass is 35.5. The maximum Gasteiger partial charge on any atom is 0.177 e. The lowest BCUT2D eigenvalue weighted by molar-refractivity contribution is 0.408. The Morgan fingerprint density at radius 2 is 2.18 bits per heavy atom. The quantitative estimate of drug-likeness (QED) is 0.909. The Labute approximate surface area is 106 Å². The molecule has 0 radical (unpaired) electrons. The fourth-order valence-electron chi connectivity index (χ4n) is 1.91. The Morgan fingerprint density at radius 3 is 2.82 bits per heavy atom. The van der Waals surface area contributed by atoms with E-state index in [0.29, 0.717) is 0 Å². The number of hydrogen-bond acceptors (Lipinski definition) is 3. The van der Waals surface area contributed by atoms with Gasteiger partial charge in [-0.3, -0.25) is 0 Å². The maximum atomic E-state index is 6.38. The maximum absolute atomic E-state index is 6.38. The molecule has 2 aromatic rings. The predicted octanol–water partition coefficient (Wildman–Crippen LogP) is 3.17. The summed E-state index contributed by atoms with van der Waals surface area (Å²) in [6, 6.07) is 3.90. The molecule has 0 aliphatic carbocycles. The van der Waals surface area contributed by atoms with E-state index in [-0.39, 0.29) is 0 Å². The molecule has 4 heteroatoms. The van der Waals surface area contributed by atoms with Crippen LogP contribution in [0.3, 0.4) is 0 Å². The Hall–Kier alpha value is -1.19. The van der Waals surface area contributed by atoms with Gasteiger partial charge in [0.1, 0.15) is 5.76 Å². The summed E-state index contributed by atoms with van der Waals surface area (Å²) < 4.78 is 10.9. The number of rotatable bonds is 4. The predicted molar refractivity (Wildman–Crippen MR) is 70.1 cm³/mol. The van der Waals surface area contributed by atoms with Crippen LogP contribution < -0.4 is 10.1 Å². The van der Waals surface area contributed by atoms with Gasteiger partial charge in [0.15, 0.2) is 11.3 Å². The molecule has 1 N–H and O–H groups in total. The van der Waals surface area contributed by atoms with E-state index in [4.69, 9.17) is 20.8 Å². The van der Waals surface area contributed by atoms with Crippen LogP contribution >= 0.6 is 11.6 Å². The van der Waals surface area contributed by atoms with Gasteiger partial charge in [0.25, 0.3) is 0 Å². The molecule has 0 unspecified atom stereocenters. The van der Waals surface area contributed by atoms with Crippen LogP contribution in [0.5, 0.6) is 5.75 Å². The molecule has 0 saturated carbocycles. The van der Waals surface area contributed by atoms with Crippen molar-refractivity contribution in [1.29, 1.82) is 0 Å². The van der Waals surface area contributed by atoms with E-state index >= 15 is 0 Å². The number of fused-ring (bicyclic) bond motifs is 1. The minimum absolute atomic E-state index is 0.725. The molecule has 0 amide bonds. The van der Waals surface area contributed by atoms with Crippen molar-refractivity contribution in [3.05, 3.63) is 28.5 Å². The second kappa shape index (κ2) is 4.98. The second-order valence-corrected chi connectivity index (χ2v) is 4.38. The van der Waals surface area contributed by atoms with Crippen LogP contribution in [0.25, 0.3) is 11.0 Å². The Kier molecular flexibility index (Phi) is 3.60. The van der Waals surface area contributed by atoms with Crippen LogP contribution in [0, 0.1) is 6.92 Å². The fourth-order valence-corrected chi connectivity index (χ4v) is 2.20. The first-order valence-electron chi connectivity index (χ1n) is 5.57. The average Bonchev–Trinajstić information content (AvgIpc) is 2.71. The van der Waals surface area contributed by atoms with E-state index in [1.165, 1.54) is 0 Å². The molecule has 1 aromatic carbocycles. The molecule has 17 heavy (non-hydrogen) atoms. The number of benzene rings is 1. The largest absolute Gasteiger partial charge is 0.493 e. The lowest BCUT2D eigenvalue weighted by atomic mass is 10.1. The molecular weight excluding hydrogens is 238 g/mol.